The smallest absolute Gasteiger partial charge is 0.317 e. The van der Waals surface area contributed by atoms with Crippen LogP contribution in [-0.2, 0) is 22.6 Å². The molecule has 0 fully saturated rings. The molecule has 0 aliphatic carbocycles. The van der Waals surface area contributed by atoms with Gasteiger partial charge in [-0.25, -0.2) is 4.79 Å². The number of nitrogens with one attached hydrogen (secondary N) is 1. The summed E-state index contributed by atoms with van der Waals surface area (Å²) in [5.41, 5.74) is 2.26. The van der Waals surface area contributed by atoms with E-state index in [9.17, 15) is 9.59 Å². The predicted octanol–water partition coefficient (Wildman–Crippen LogP) is 4.11. The minimum Gasteiger partial charge on any atom is -0.383 e. The van der Waals surface area contributed by atoms with E-state index in [0.717, 1.165) is 29.6 Å². The molecule has 32 heavy (non-hydrogen) atoms. The average molecular weight is 507 g/mol. The van der Waals surface area contributed by atoms with Crippen molar-refractivity contribution in [2.45, 2.75) is 39.8 Å². The summed E-state index contributed by atoms with van der Waals surface area (Å²) in [6.45, 7) is 7.18. The maximum Gasteiger partial charge on any atom is 0.317 e. The zero-order chi connectivity index (χ0) is 23.3. The van der Waals surface area contributed by atoms with E-state index in [2.05, 4.69) is 50.9 Å². The van der Waals surface area contributed by atoms with Crippen molar-refractivity contribution in [2.75, 3.05) is 39.9 Å². The number of halogens is 1. The Morgan fingerprint density at radius 3 is 2.50 bits per heavy atom. The molecular weight excluding hydrogens is 472 g/mol. The molecule has 1 N–H and O–H groups in total. The molecular formula is C24H35BrN4O3. The molecule has 0 saturated carbocycles. The molecule has 3 amide bonds. The van der Waals surface area contributed by atoms with Crippen LogP contribution >= 0.6 is 15.9 Å². The molecule has 2 rings (SSSR count). The number of ether oxygens (including phenoxy) is 1. The summed E-state index contributed by atoms with van der Waals surface area (Å²) in [4.78, 5) is 29.0. The normalized spacial score (nSPS) is 10.8. The number of rotatable bonds is 13. The molecule has 0 unspecified atom stereocenters. The summed E-state index contributed by atoms with van der Waals surface area (Å²) < 4.78 is 8.34. The highest BCUT2D eigenvalue weighted by Crippen LogP contribution is 2.15. The third-order valence-corrected chi connectivity index (χ3v) is 5.71. The number of carbonyl (C=O) groups is 2. The van der Waals surface area contributed by atoms with Gasteiger partial charge in [0.2, 0.25) is 5.91 Å². The lowest BCUT2D eigenvalue weighted by Crippen LogP contribution is -2.48. The van der Waals surface area contributed by atoms with Crippen molar-refractivity contribution in [3.05, 3.63) is 58.3 Å². The van der Waals surface area contributed by atoms with Gasteiger partial charge in [-0.3, -0.25) is 4.79 Å². The van der Waals surface area contributed by atoms with Gasteiger partial charge in [0, 0.05) is 49.7 Å². The van der Waals surface area contributed by atoms with Crippen molar-refractivity contribution in [3.63, 3.8) is 0 Å². The SMILES string of the molecule is CCCCN(Cc1cccn1Cc1ccc(Br)cc1)C(=O)CN(CCOC)C(=O)NCC. The van der Waals surface area contributed by atoms with E-state index in [1.165, 1.54) is 10.5 Å². The number of nitrogens with zero attached hydrogens (tertiary/aromatic N) is 3. The Morgan fingerprint density at radius 2 is 1.84 bits per heavy atom. The fourth-order valence-corrected chi connectivity index (χ4v) is 3.61. The van der Waals surface area contributed by atoms with Crippen LogP contribution in [0.25, 0.3) is 0 Å². The summed E-state index contributed by atoms with van der Waals surface area (Å²) in [7, 11) is 1.59. The lowest BCUT2D eigenvalue weighted by atomic mass is 10.2. The standard InChI is InChI=1S/C24H35BrN4O3/c1-4-6-13-28(23(30)19-29(15-16-32-3)24(31)26-5-2)18-22-8-7-14-27(22)17-20-9-11-21(25)12-10-20/h7-12,14H,4-6,13,15-19H2,1-3H3,(H,26,31). The van der Waals surface area contributed by atoms with Crippen molar-refractivity contribution in [3.8, 4) is 0 Å². The minimum atomic E-state index is -0.244. The van der Waals surface area contributed by atoms with Gasteiger partial charge in [-0.15, -0.1) is 0 Å². The van der Waals surface area contributed by atoms with E-state index >= 15 is 0 Å². The van der Waals surface area contributed by atoms with Gasteiger partial charge in [0.15, 0.2) is 0 Å². The maximum atomic E-state index is 13.2. The Labute approximate surface area is 199 Å². The zero-order valence-corrected chi connectivity index (χ0v) is 20.9. The number of carbonyl (C=O) groups excluding carboxylic acids is 2. The van der Waals surface area contributed by atoms with Crippen LogP contribution < -0.4 is 5.32 Å². The van der Waals surface area contributed by atoms with E-state index in [4.69, 9.17) is 4.74 Å². The molecule has 0 atom stereocenters. The van der Waals surface area contributed by atoms with Gasteiger partial charge in [0.05, 0.1) is 13.2 Å². The Hall–Kier alpha value is -2.32. The van der Waals surface area contributed by atoms with Crippen LogP contribution in [0.5, 0.6) is 0 Å². The molecule has 0 radical (unpaired) electrons. The number of hydrogen-bond donors (Lipinski definition) is 1. The average Bonchev–Trinajstić information content (AvgIpc) is 3.22. The van der Waals surface area contributed by atoms with Crippen molar-refractivity contribution in [2.24, 2.45) is 0 Å². The Morgan fingerprint density at radius 1 is 1.09 bits per heavy atom. The van der Waals surface area contributed by atoms with Crippen molar-refractivity contribution >= 4 is 27.9 Å². The highest BCUT2D eigenvalue weighted by Gasteiger charge is 2.21. The van der Waals surface area contributed by atoms with Crippen LogP contribution in [0.1, 0.15) is 37.9 Å². The molecule has 0 aliphatic rings. The Bertz CT molecular complexity index is 838. The zero-order valence-electron chi connectivity index (χ0n) is 19.3. The van der Waals surface area contributed by atoms with E-state index < -0.39 is 0 Å². The molecule has 0 saturated heterocycles. The van der Waals surface area contributed by atoms with E-state index in [1.807, 2.05) is 36.2 Å². The number of unbranched alkanes of at least 4 members (excludes halogenated alkanes) is 1. The van der Waals surface area contributed by atoms with Gasteiger partial charge in [-0.05, 0) is 43.2 Å². The van der Waals surface area contributed by atoms with Gasteiger partial charge in [0.1, 0.15) is 6.54 Å². The van der Waals surface area contributed by atoms with Crippen LogP contribution in [-0.4, -0.2) is 66.2 Å². The molecule has 1 aromatic heterocycles. The predicted molar refractivity (Wildman–Crippen MR) is 131 cm³/mol. The first kappa shape index (κ1) is 25.9. The quantitative estimate of drug-likeness (QED) is 0.444. The van der Waals surface area contributed by atoms with Crippen LogP contribution in [0, 0.1) is 0 Å². The van der Waals surface area contributed by atoms with E-state index in [0.29, 0.717) is 32.8 Å². The fourth-order valence-electron chi connectivity index (χ4n) is 3.35. The monoisotopic (exact) mass is 506 g/mol. The van der Waals surface area contributed by atoms with Gasteiger partial charge < -0.3 is 24.4 Å². The first-order valence-electron chi connectivity index (χ1n) is 11.2. The molecule has 176 valence electrons. The van der Waals surface area contributed by atoms with Crippen molar-refractivity contribution in [1.82, 2.24) is 19.7 Å². The number of methoxy groups -OCH3 is 1. The second kappa shape index (κ2) is 14.0. The summed E-state index contributed by atoms with van der Waals surface area (Å²) >= 11 is 3.47. The van der Waals surface area contributed by atoms with E-state index in [-0.39, 0.29) is 18.5 Å². The second-order valence-electron chi connectivity index (χ2n) is 7.67. The minimum absolute atomic E-state index is 0.0341. The molecule has 7 nitrogen and oxygen atoms in total. The molecule has 2 aromatic rings. The number of urea groups is 1. The molecule has 0 spiro atoms. The number of benzene rings is 1. The maximum absolute atomic E-state index is 13.2. The number of aromatic nitrogens is 1. The number of hydrogen-bond acceptors (Lipinski definition) is 3. The number of amides is 3. The Balaban J connectivity index is 2.12. The molecule has 0 aliphatic heterocycles. The van der Waals surface area contributed by atoms with Crippen molar-refractivity contribution in [1.29, 1.82) is 0 Å². The summed E-state index contributed by atoms with van der Waals surface area (Å²) in [6, 6.07) is 12.1. The highest BCUT2D eigenvalue weighted by molar-refractivity contribution is 9.10. The first-order chi connectivity index (χ1) is 15.5. The van der Waals surface area contributed by atoms with Gasteiger partial charge in [0.25, 0.3) is 0 Å². The van der Waals surface area contributed by atoms with Crippen LogP contribution in [0.3, 0.4) is 0 Å². The van der Waals surface area contributed by atoms with Crippen molar-refractivity contribution < 1.29 is 14.3 Å². The third kappa shape index (κ3) is 8.31. The first-order valence-corrected chi connectivity index (χ1v) is 12.0. The lowest BCUT2D eigenvalue weighted by molar-refractivity contribution is -0.132. The van der Waals surface area contributed by atoms with Gasteiger partial charge >= 0.3 is 6.03 Å². The van der Waals surface area contributed by atoms with Crippen LogP contribution in [0.15, 0.2) is 47.1 Å². The summed E-state index contributed by atoms with van der Waals surface area (Å²) in [5, 5.41) is 2.78. The van der Waals surface area contributed by atoms with Gasteiger partial charge in [-0.1, -0.05) is 41.4 Å². The lowest BCUT2D eigenvalue weighted by Gasteiger charge is -2.28. The van der Waals surface area contributed by atoms with Crippen LogP contribution in [0.4, 0.5) is 4.79 Å². The largest absolute Gasteiger partial charge is 0.383 e. The molecule has 1 aromatic carbocycles. The fraction of sp³-hybridized carbons (Fsp3) is 0.500. The Kier molecular flexibility index (Phi) is 11.3. The topological polar surface area (TPSA) is 66.8 Å². The van der Waals surface area contributed by atoms with Crippen LogP contribution in [0.2, 0.25) is 0 Å². The highest BCUT2D eigenvalue weighted by atomic mass is 79.9. The molecule has 8 heteroatoms. The summed E-state index contributed by atoms with van der Waals surface area (Å²) in [6.07, 6.45) is 3.95. The van der Waals surface area contributed by atoms with Gasteiger partial charge in [-0.2, -0.15) is 0 Å². The third-order valence-electron chi connectivity index (χ3n) is 5.18. The molecule has 1 heterocycles. The molecule has 0 bridgehead atoms. The van der Waals surface area contributed by atoms with E-state index in [1.54, 1.807) is 7.11 Å². The summed E-state index contributed by atoms with van der Waals surface area (Å²) in [5.74, 6) is -0.0582. The second-order valence-corrected chi connectivity index (χ2v) is 8.59.